The second kappa shape index (κ2) is 18.5. The van der Waals surface area contributed by atoms with Crippen molar-refractivity contribution in [1.29, 1.82) is 0 Å². The van der Waals surface area contributed by atoms with Crippen molar-refractivity contribution >= 4 is 35.0 Å². The van der Waals surface area contributed by atoms with Crippen molar-refractivity contribution in [1.82, 2.24) is 40.4 Å². The van der Waals surface area contributed by atoms with E-state index in [0.717, 1.165) is 0 Å². The molecule has 4 aromatic carbocycles. The molecule has 2 aromatic heterocycles. The van der Waals surface area contributed by atoms with Crippen molar-refractivity contribution in [2.24, 2.45) is 5.92 Å². The van der Waals surface area contributed by atoms with E-state index >= 15 is 8.78 Å². The monoisotopic (exact) mass is 970 g/mol. The number of benzene rings is 4. The molecule has 5 aliphatic rings. The molecule has 1 unspecified atom stereocenters. The molecule has 17 nitrogen and oxygen atoms in total. The van der Waals surface area contributed by atoms with Gasteiger partial charge in [-0.25, -0.2) is 19.6 Å². The molecule has 4 aliphatic heterocycles. The predicted octanol–water partition coefficient (Wildman–Crippen LogP) is 7.67. The maximum absolute atomic E-state index is 16.8. The summed E-state index contributed by atoms with van der Waals surface area (Å²) < 4.78 is 61.0. The number of carbonyl (C=O) groups is 4. The van der Waals surface area contributed by atoms with E-state index in [4.69, 9.17) is 28.7 Å². The van der Waals surface area contributed by atoms with Crippen LogP contribution in [0.4, 0.5) is 18.4 Å². The van der Waals surface area contributed by atoms with Gasteiger partial charge in [0.2, 0.25) is 5.91 Å². The molecule has 4 fully saturated rings. The lowest BCUT2D eigenvalue weighted by molar-refractivity contribution is -0.154. The number of imidazole rings is 2. The predicted molar refractivity (Wildman–Crippen MR) is 253 cm³/mol. The van der Waals surface area contributed by atoms with Gasteiger partial charge in [0.15, 0.2) is 5.79 Å². The Bertz CT molecular complexity index is 3020. The molecule has 11 rings (SSSR count). The van der Waals surface area contributed by atoms with Crippen LogP contribution in [0.3, 0.4) is 0 Å². The zero-order valence-corrected chi connectivity index (χ0v) is 39.0. The van der Waals surface area contributed by atoms with Gasteiger partial charge in [-0.3, -0.25) is 9.59 Å². The lowest BCUT2D eigenvalue weighted by Gasteiger charge is -2.34. The number of alkyl halides is 2. The quantitative estimate of drug-likeness (QED) is 0.105. The van der Waals surface area contributed by atoms with Crippen molar-refractivity contribution in [2.45, 2.75) is 68.0 Å². The molecule has 4 N–H and O–H groups in total. The number of nitrogens with zero attached hydrogens (tertiary/aromatic N) is 4. The number of methoxy groups -OCH3 is 2. The van der Waals surface area contributed by atoms with Gasteiger partial charge in [0.05, 0.1) is 69.0 Å². The fourth-order valence-corrected chi connectivity index (χ4v) is 11.0. The van der Waals surface area contributed by atoms with Crippen LogP contribution in [0.15, 0.2) is 91.1 Å². The molecular weight excluding hydrogens is 919 g/mol. The van der Waals surface area contributed by atoms with E-state index in [0.29, 0.717) is 127 Å². The first-order chi connectivity index (χ1) is 34.4. The smallest absolute Gasteiger partial charge is 0.407 e. The topological polar surface area (TPSA) is 202 Å². The van der Waals surface area contributed by atoms with Crippen LogP contribution in [0, 0.1) is 5.92 Å². The fourth-order valence-electron chi connectivity index (χ4n) is 11.0. The van der Waals surface area contributed by atoms with E-state index in [-0.39, 0.29) is 35.4 Å². The highest BCUT2D eigenvalue weighted by atomic mass is 19.3. The number of amides is 4. The second-order valence-corrected chi connectivity index (χ2v) is 18.7. The molecule has 4 atom stereocenters. The highest BCUT2D eigenvalue weighted by Crippen LogP contribution is 2.53. The van der Waals surface area contributed by atoms with Gasteiger partial charge >= 0.3 is 12.2 Å². The number of aromatic amines is 2. The number of H-pyrrole nitrogens is 2. The summed E-state index contributed by atoms with van der Waals surface area (Å²) in [6.07, 6.45) is 2.95. The average molecular weight is 971 g/mol. The Morgan fingerprint density at radius 3 is 2.15 bits per heavy atom. The summed E-state index contributed by atoms with van der Waals surface area (Å²) in [5.41, 5.74) is 4.78. The molecule has 6 heterocycles. The van der Waals surface area contributed by atoms with Gasteiger partial charge in [-0.1, -0.05) is 60.7 Å². The van der Waals surface area contributed by atoms with E-state index in [1.807, 2.05) is 30.3 Å². The van der Waals surface area contributed by atoms with Gasteiger partial charge < -0.3 is 54.1 Å². The molecule has 4 amide bonds. The summed E-state index contributed by atoms with van der Waals surface area (Å²) in [5.74, 6) is -4.15. The van der Waals surface area contributed by atoms with Crippen LogP contribution < -0.4 is 10.6 Å². The SMILES string of the molecule is COC(=O)NC(C(=O)N1CC2(C[C@H]1c1nc3ccc(-c4ccc5c(c4)C(F)(F)c4cc(-c6cnc([C@@H]7CCCN7C(=O)[C@H](NC(=O)OC)c7ccccc7)[nH]6)ccc4-5)cc3[nH]1)OCCO2)C1CCOCC1. The van der Waals surface area contributed by atoms with E-state index in [9.17, 15) is 19.2 Å². The lowest BCUT2D eigenvalue weighted by atomic mass is 9.90. The summed E-state index contributed by atoms with van der Waals surface area (Å²) >= 11 is 0. The third kappa shape index (κ3) is 8.44. The number of carbonyl (C=O) groups excluding carboxylic acids is 4. The van der Waals surface area contributed by atoms with Crippen LogP contribution in [0.25, 0.3) is 44.5 Å². The molecule has 0 saturated carbocycles. The zero-order chi connectivity index (χ0) is 49.0. The third-order valence-electron chi connectivity index (χ3n) is 14.6. The Hall–Kier alpha value is -7.22. The number of nitrogens with one attached hydrogen (secondary N) is 4. The zero-order valence-electron chi connectivity index (χ0n) is 39.0. The number of hydrogen-bond donors (Lipinski definition) is 4. The van der Waals surface area contributed by atoms with Gasteiger partial charge in [0, 0.05) is 42.9 Å². The minimum Gasteiger partial charge on any atom is -0.453 e. The summed E-state index contributed by atoms with van der Waals surface area (Å²) in [6.45, 7) is 2.26. The standard InChI is InChI=1S/C52H52F2N8O9/c1-67-49(65)59-43(29-7-4-3-5-8-29)47(63)61-18-6-9-41(61)45-55-27-40(58-45)33-11-14-35-34-13-10-31(23-36(34)52(53,54)37(35)24-33)32-12-15-38-39(25-32)57-46(56-38)42-26-51(70-21-22-71-51)28-62(42)48(64)44(60-50(66)68-2)30-16-19-69-20-17-30/h3-5,7-8,10-15,23-25,27,30,41-44H,6,9,16-22,26,28H2,1-2H3,(H,55,58)(H,56,57)(H,59,65)(H,60,66)/t41-,42-,43+,44?/m0/s1. The largest absolute Gasteiger partial charge is 0.453 e. The van der Waals surface area contributed by atoms with Crippen molar-refractivity contribution < 1.29 is 51.6 Å². The van der Waals surface area contributed by atoms with Crippen molar-refractivity contribution in [3.05, 3.63) is 119 Å². The maximum atomic E-state index is 16.8. The molecule has 1 spiro atoms. The molecule has 1 aliphatic carbocycles. The van der Waals surface area contributed by atoms with Crippen LogP contribution in [0.1, 0.15) is 78.6 Å². The highest BCUT2D eigenvalue weighted by Gasteiger charge is 2.53. The van der Waals surface area contributed by atoms with Crippen LogP contribution in [0.2, 0.25) is 0 Å². The molecule has 19 heteroatoms. The van der Waals surface area contributed by atoms with Crippen LogP contribution in [-0.2, 0) is 39.2 Å². The van der Waals surface area contributed by atoms with E-state index in [1.165, 1.54) is 26.4 Å². The van der Waals surface area contributed by atoms with E-state index in [1.54, 1.807) is 58.5 Å². The van der Waals surface area contributed by atoms with E-state index < -0.39 is 48.1 Å². The number of halogens is 2. The van der Waals surface area contributed by atoms with Crippen LogP contribution >= 0.6 is 0 Å². The summed E-state index contributed by atoms with van der Waals surface area (Å²) in [5, 5.41) is 5.45. The highest BCUT2D eigenvalue weighted by molar-refractivity contribution is 5.89. The lowest BCUT2D eigenvalue weighted by Crippen LogP contribution is -2.54. The number of alkyl carbamates (subject to hydrolysis) is 2. The first kappa shape index (κ1) is 46.2. The van der Waals surface area contributed by atoms with E-state index in [2.05, 4.69) is 25.6 Å². The van der Waals surface area contributed by atoms with Crippen molar-refractivity contribution in [2.75, 3.05) is 53.7 Å². The van der Waals surface area contributed by atoms with Gasteiger partial charge in [0.25, 0.3) is 11.8 Å². The number of fused-ring (bicyclic) bond motifs is 4. The third-order valence-corrected chi connectivity index (χ3v) is 14.6. The summed E-state index contributed by atoms with van der Waals surface area (Å²) in [6, 6.07) is 21.6. The first-order valence-electron chi connectivity index (χ1n) is 23.9. The molecule has 0 radical (unpaired) electrons. The molecule has 71 heavy (non-hydrogen) atoms. The van der Waals surface area contributed by atoms with Crippen molar-refractivity contribution in [3.63, 3.8) is 0 Å². The second-order valence-electron chi connectivity index (χ2n) is 18.7. The number of likely N-dealkylation sites (tertiary alicyclic amines) is 2. The average Bonchev–Trinajstić information content (AvgIpc) is 4.28. The Labute approximate surface area is 406 Å². The number of hydrogen-bond acceptors (Lipinski definition) is 11. The van der Waals surface area contributed by atoms with Crippen LogP contribution in [0.5, 0.6) is 0 Å². The van der Waals surface area contributed by atoms with Crippen LogP contribution in [-0.4, -0.2) is 119 Å². The Morgan fingerprint density at radius 2 is 1.42 bits per heavy atom. The molecule has 4 saturated heterocycles. The number of ether oxygens (including phenoxy) is 5. The van der Waals surface area contributed by atoms with Gasteiger partial charge in [0.1, 0.15) is 23.7 Å². The fraction of sp³-hybridized carbons (Fsp3) is 0.385. The first-order valence-corrected chi connectivity index (χ1v) is 23.9. The van der Waals surface area contributed by atoms with Gasteiger partial charge in [-0.05, 0) is 83.7 Å². The summed E-state index contributed by atoms with van der Waals surface area (Å²) in [7, 11) is 2.50. The molecular formula is C52H52F2N8O9. The maximum Gasteiger partial charge on any atom is 0.407 e. The normalized spacial score (nSPS) is 21.0. The minimum atomic E-state index is -3.33. The molecule has 0 bridgehead atoms. The van der Waals surface area contributed by atoms with Gasteiger partial charge in [-0.2, -0.15) is 8.78 Å². The summed E-state index contributed by atoms with van der Waals surface area (Å²) in [4.78, 5) is 73.1. The van der Waals surface area contributed by atoms with Crippen molar-refractivity contribution in [3.8, 4) is 33.5 Å². The van der Waals surface area contributed by atoms with Gasteiger partial charge in [-0.15, -0.1) is 0 Å². The number of rotatable bonds is 10. The Morgan fingerprint density at radius 1 is 0.746 bits per heavy atom. The number of aromatic nitrogens is 4. The molecule has 368 valence electrons. The Kier molecular flexibility index (Phi) is 12.0. The minimum absolute atomic E-state index is 0.117. The Balaban J connectivity index is 0.836. The molecule has 6 aromatic rings.